The number of carbonyl (C=O) groups excluding carboxylic acids is 1. The van der Waals surface area contributed by atoms with E-state index in [0.29, 0.717) is 36.5 Å². The summed E-state index contributed by atoms with van der Waals surface area (Å²) in [6.45, 7) is 1.39. The number of nitro groups is 1. The molecule has 0 aliphatic carbocycles. The van der Waals surface area contributed by atoms with Gasteiger partial charge in [0.05, 0.1) is 30.9 Å². The largest absolute Gasteiger partial charge is 0.497 e. The molecular weight excluding hydrogens is 492 g/mol. The van der Waals surface area contributed by atoms with Gasteiger partial charge in [-0.15, -0.1) is 11.3 Å². The first-order valence-corrected chi connectivity index (χ1v) is 12.3. The van der Waals surface area contributed by atoms with Crippen molar-refractivity contribution in [3.63, 3.8) is 0 Å². The molecule has 190 valence electrons. The number of methoxy groups -OCH3 is 2. The number of nitrogens with zero attached hydrogens (tertiary/aromatic N) is 3. The number of benzene rings is 3. The second-order valence-electron chi connectivity index (χ2n) is 8.05. The summed E-state index contributed by atoms with van der Waals surface area (Å²) in [6, 6.07) is 21.5. The molecule has 0 bridgehead atoms. The third kappa shape index (κ3) is 6.49. The summed E-state index contributed by atoms with van der Waals surface area (Å²) in [7, 11) is 3.20. The molecule has 1 N–H and O–H groups in total. The summed E-state index contributed by atoms with van der Waals surface area (Å²) in [5, 5.41) is 16.6. The lowest BCUT2D eigenvalue weighted by Crippen LogP contribution is -2.26. The molecule has 0 fully saturated rings. The molecular formula is C27H26N4O5S. The van der Waals surface area contributed by atoms with E-state index in [1.165, 1.54) is 23.5 Å². The van der Waals surface area contributed by atoms with Gasteiger partial charge in [0.1, 0.15) is 5.75 Å². The molecule has 0 saturated heterocycles. The lowest BCUT2D eigenvalue weighted by atomic mass is 10.1. The van der Waals surface area contributed by atoms with Crippen molar-refractivity contribution >= 4 is 33.8 Å². The Kier molecular flexibility index (Phi) is 8.44. The van der Waals surface area contributed by atoms with Crippen LogP contribution in [0, 0.1) is 10.1 Å². The van der Waals surface area contributed by atoms with Crippen molar-refractivity contribution in [1.29, 1.82) is 0 Å². The van der Waals surface area contributed by atoms with E-state index >= 15 is 0 Å². The number of amides is 1. The Hall–Kier alpha value is -4.28. The topological polar surface area (TPSA) is 107 Å². The summed E-state index contributed by atoms with van der Waals surface area (Å²) in [4.78, 5) is 30.0. The Morgan fingerprint density at radius 3 is 2.51 bits per heavy atom. The second kappa shape index (κ2) is 12.1. The molecule has 9 nitrogen and oxygen atoms in total. The van der Waals surface area contributed by atoms with E-state index < -0.39 is 4.92 Å². The van der Waals surface area contributed by atoms with Crippen molar-refractivity contribution in [2.24, 2.45) is 0 Å². The maximum absolute atomic E-state index is 12.3. The molecule has 4 aromatic rings. The molecule has 0 saturated carbocycles. The Bertz CT molecular complexity index is 1360. The zero-order valence-electron chi connectivity index (χ0n) is 20.4. The third-order valence-corrected chi connectivity index (χ3v) is 6.47. The van der Waals surface area contributed by atoms with Gasteiger partial charge in [0, 0.05) is 48.0 Å². The minimum absolute atomic E-state index is 0.0189. The molecule has 0 aliphatic heterocycles. The van der Waals surface area contributed by atoms with Crippen molar-refractivity contribution in [2.45, 2.75) is 6.54 Å². The molecule has 0 unspecified atom stereocenters. The van der Waals surface area contributed by atoms with Gasteiger partial charge < -0.3 is 19.7 Å². The molecule has 10 heteroatoms. The monoisotopic (exact) mass is 518 g/mol. The Labute approximate surface area is 218 Å². The Morgan fingerprint density at radius 2 is 1.84 bits per heavy atom. The van der Waals surface area contributed by atoms with Crippen LogP contribution >= 0.6 is 11.3 Å². The number of nitro benzene ring substituents is 1. The number of non-ortho nitro benzene ring substituents is 1. The fourth-order valence-electron chi connectivity index (χ4n) is 3.64. The average Bonchev–Trinajstić information content (AvgIpc) is 3.42. The lowest BCUT2D eigenvalue weighted by molar-refractivity contribution is -0.384. The fourth-order valence-corrected chi connectivity index (χ4v) is 4.50. The minimum atomic E-state index is -0.415. The smallest absolute Gasteiger partial charge is 0.270 e. The van der Waals surface area contributed by atoms with Crippen LogP contribution in [-0.4, -0.2) is 43.2 Å². The minimum Gasteiger partial charge on any atom is -0.497 e. The molecule has 4 rings (SSSR count). The molecule has 1 amide bonds. The van der Waals surface area contributed by atoms with Crippen LogP contribution in [0.5, 0.6) is 5.75 Å². The van der Waals surface area contributed by atoms with Gasteiger partial charge in [0.25, 0.3) is 11.6 Å². The summed E-state index contributed by atoms with van der Waals surface area (Å²) in [5.41, 5.74) is 3.81. The number of carbonyl (C=O) groups is 1. The first-order valence-electron chi connectivity index (χ1n) is 11.5. The number of ether oxygens (including phenoxy) is 2. The van der Waals surface area contributed by atoms with Gasteiger partial charge in [-0.25, -0.2) is 4.98 Å². The van der Waals surface area contributed by atoms with Crippen LogP contribution in [0.3, 0.4) is 0 Å². The first-order chi connectivity index (χ1) is 18.0. The summed E-state index contributed by atoms with van der Waals surface area (Å²) in [6.07, 6.45) is 0. The van der Waals surface area contributed by atoms with E-state index in [0.717, 1.165) is 22.1 Å². The number of hydrogen-bond acceptors (Lipinski definition) is 8. The number of aromatic nitrogens is 1. The SMILES string of the molecule is COCCNC(=O)c1ccc(CN(c2ccc(OC)cc2)c2nc(-c3cccc([N+](=O)[O-])c3)cs2)cc1. The fraction of sp³-hybridized carbons (Fsp3) is 0.185. The van der Waals surface area contributed by atoms with Crippen LogP contribution < -0.4 is 15.0 Å². The zero-order valence-corrected chi connectivity index (χ0v) is 21.2. The highest BCUT2D eigenvalue weighted by Crippen LogP contribution is 2.35. The molecule has 0 spiro atoms. The van der Waals surface area contributed by atoms with Crippen molar-refractivity contribution in [3.05, 3.63) is 99.4 Å². The Morgan fingerprint density at radius 1 is 1.08 bits per heavy atom. The third-order valence-electron chi connectivity index (χ3n) is 5.61. The van der Waals surface area contributed by atoms with Crippen molar-refractivity contribution in [1.82, 2.24) is 10.3 Å². The van der Waals surface area contributed by atoms with Crippen LogP contribution in [-0.2, 0) is 11.3 Å². The molecule has 37 heavy (non-hydrogen) atoms. The average molecular weight is 519 g/mol. The van der Waals surface area contributed by atoms with Crippen LogP contribution in [0.4, 0.5) is 16.5 Å². The number of nitrogens with one attached hydrogen (secondary N) is 1. The molecule has 1 heterocycles. The van der Waals surface area contributed by atoms with E-state index in [9.17, 15) is 14.9 Å². The first kappa shape index (κ1) is 25.8. The highest BCUT2D eigenvalue weighted by molar-refractivity contribution is 7.14. The van der Waals surface area contributed by atoms with Gasteiger partial charge in [0.15, 0.2) is 5.13 Å². The van der Waals surface area contributed by atoms with Crippen LogP contribution in [0.1, 0.15) is 15.9 Å². The predicted octanol–water partition coefficient (Wildman–Crippen LogP) is 5.44. The quantitative estimate of drug-likeness (QED) is 0.160. The van der Waals surface area contributed by atoms with Crippen molar-refractivity contribution < 1.29 is 19.2 Å². The zero-order chi connectivity index (χ0) is 26.2. The number of hydrogen-bond donors (Lipinski definition) is 1. The van der Waals surface area contributed by atoms with E-state index in [2.05, 4.69) is 10.2 Å². The molecule has 0 radical (unpaired) electrons. The number of anilines is 2. The van der Waals surface area contributed by atoms with Gasteiger partial charge in [-0.2, -0.15) is 0 Å². The van der Waals surface area contributed by atoms with Crippen molar-refractivity contribution in [2.75, 3.05) is 32.3 Å². The highest BCUT2D eigenvalue weighted by Gasteiger charge is 2.17. The van der Waals surface area contributed by atoms with Crippen LogP contribution in [0.25, 0.3) is 11.3 Å². The Balaban J connectivity index is 1.60. The summed E-state index contributed by atoms with van der Waals surface area (Å²) in [5.74, 6) is 0.584. The standard InChI is InChI=1S/C27H26N4O5S/c1-35-15-14-28-26(32)20-8-6-19(7-9-20)17-30(22-10-12-24(36-2)13-11-22)27-29-25(18-37-27)21-4-3-5-23(16-21)31(33)34/h3-13,16,18H,14-15,17H2,1-2H3,(H,28,32). The van der Waals surface area contributed by atoms with E-state index in [1.807, 2.05) is 41.8 Å². The normalized spacial score (nSPS) is 10.6. The maximum atomic E-state index is 12.3. The second-order valence-corrected chi connectivity index (χ2v) is 8.89. The van der Waals surface area contributed by atoms with Gasteiger partial charge in [-0.1, -0.05) is 24.3 Å². The van der Waals surface area contributed by atoms with Gasteiger partial charge >= 0.3 is 0 Å². The van der Waals surface area contributed by atoms with E-state index in [-0.39, 0.29) is 11.6 Å². The molecule has 0 atom stereocenters. The van der Waals surface area contributed by atoms with Gasteiger partial charge in [-0.3, -0.25) is 14.9 Å². The molecule has 3 aromatic carbocycles. The van der Waals surface area contributed by atoms with E-state index in [4.69, 9.17) is 14.5 Å². The highest BCUT2D eigenvalue weighted by atomic mass is 32.1. The van der Waals surface area contributed by atoms with Gasteiger partial charge in [-0.05, 0) is 42.0 Å². The number of rotatable bonds is 11. The summed E-state index contributed by atoms with van der Waals surface area (Å²) < 4.78 is 10.3. The van der Waals surface area contributed by atoms with Crippen molar-refractivity contribution in [3.8, 4) is 17.0 Å². The lowest BCUT2D eigenvalue weighted by Gasteiger charge is -2.22. The maximum Gasteiger partial charge on any atom is 0.270 e. The molecule has 1 aromatic heterocycles. The predicted molar refractivity (Wildman–Crippen MR) is 144 cm³/mol. The van der Waals surface area contributed by atoms with Crippen LogP contribution in [0.15, 0.2) is 78.2 Å². The van der Waals surface area contributed by atoms with E-state index in [1.54, 1.807) is 38.5 Å². The molecule has 0 aliphatic rings. The number of thiazole rings is 1. The van der Waals surface area contributed by atoms with Gasteiger partial charge in [0.2, 0.25) is 0 Å². The van der Waals surface area contributed by atoms with Crippen LogP contribution in [0.2, 0.25) is 0 Å². The summed E-state index contributed by atoms with van der Waals surface area (Å²) >= 11 is 1.45.